The standard InChI is InChI=1S/C19H17NO3S/c1-12-7-8-13(2)16(9-12)20-18(21)17(24-19(20)22)11-14-5-4-6-15(10-14)23-3/h4-11H,1-3H3/b17-11-. The number of thioether (sulfide) groups is 1. The van der Waals surface area contributed by atoms with Crippen LogP contribution >= 0.6 is 11.8 Å². The van der Waals surface area contributed by atoms with E-state index < -0.39 is 0 Å². The molecule has 1 heterocycles. The maximum Gasteiger partial charge on any atom is 0.298 e. The molecule has 0 saturated carbocycles. The summed E-state index contributed by atoms with van der Waals surface area (Å²) < 4.78 is 5.19. The van der Waals surface area contributed by atoms with Gasteiger partial charge >= 0.3 is 0 Å². The number of carbonyl (C=O) groups excluding carboxylic acids is 2. The summed E-state index contributed by atoms with van der Waals surface area (Å²) in [6.07, 6.45) is 1.72. The van der Waals surface area contributed by atoms with E-state index in [2.05, 4.69) is 0 Å². The van der Waals surface area contributed by atoms with E-state index in [1.807, 2.05) is 56.3 Å². The molecular weight excluding hydrogens is 322 g/mol. The molecule has 0 bridgehead atoms. The lowest BCUT2D eigenvalue weighted by molar-refractivity contribution is -0.113. The molecule has 3 rings (SSSR count). The fourth-order valence-electron chi connectivity index (χ4n) is 2.52. The fraction of sp³-hybridized carbons (Fsp3) is 0.158. The van der Waals surface area contributed by atoms with Crippen molar-refractivity contribution >= 4 is 34.7 Å². The van der Waals surface area contributed by atoms with Gasteiger partial charge in [0.15, 0.2) is 0 Å². The summed E-state index contributed by atoms with van der Waals surface area (Å²) in [6, 6.07) is 13.1. The van der Waals surface area contributed by atoms with Crippen molar-refractivity contribution in [3.8, 4) is 5.75 Å². The normalized spacial score (nSPS) is 16.1. The van der Waals surface area contributed by atoms with Gasteiger partial charge in [-0.1, -0.05) is 24.3 Å². The predicted molar refractivity (Wildman–Crippen MR) is 97.4 cm³/mol. The first-order valence-corrected chi connectivity index (χ1v) is 8.30. The number of hydrogen-bond donors (Lipinski definition) is 0. The van der Waals surface area contributed by atoms with Crippen LogP contribution in [0.5, 0.6) is 5.75 Å². The van der Waals surface area contributed by atoms with E-state index in [0.717, 1.165) is 28.5 Å². The molecule has 1 aliphatic heterocycles. The van der Waals surface area contributed by atoms with Crippen LogP contribution in [0.3, 0.4) is 0 Å². The molecule has 2 aromatic rings. The number of benzene rings is 2. The summed E-state index contributed by atoms with van der Waals surface area (Å²) >= 11 is 0.957. The highest BCUT2D eigenvalue weighted by atomic mass is 32.2. The molecule has 0 aliphatic carbocycles. The van der Waals surface area contributed by atoms with Gasteiger partial charge in [-0.2, -0.15) is 0 Å². The van der Waals surface area contributed by atoms with Gasteiger partial charge in [-0.3, -0.25) is 9.59 Å². The van der Waals surface area contributed by atoms with E-state index >= 15 is 0 Å². The van der Waals surface area contributed by atoms with Crippen LogP contribution in [0.25, 0.3) is 6.08 Å². The average molecular weight is 339 g/mol. The van der Waals surface area contributed by atoms with Crippen LogP contribution in [0, 0.1) is 13.8 Å². The van der Waals surface area contributed by atoms with Crippen molar-refractivity contribution in [1.29, 1.82) is 0 Å². The summed E-state index contributed by atoms with van der Waals surface area (Å²) in [5, 5.41) is -0.275. The van der Waals surface area contributed by atoms with Gasteiger partial charge in [0.1, 0.15) is 5.75 Å². The second-order valence-electron chi connectivity index (χ2n) is 5.58. The summed E-state index contributed by atoms with van der Waals surface area (Å²) in [5.74, 6) is 0.416. The third kappa shape index (κ3) is 3.08. The Bertz CT molecular complexity index is 857. The van der Waals surface area contributed by atoms with Gasteiger partial charge < -0.3 is 4.74 Å². The molecule has 2 aromatic carbocycles. The number of amides is 2. The number of anilines is 1. The Hall–Kier alpha value is -2.53. The van der Waals surface area contributed by atoms with Gasteiger partial charge in [0, 0.05) is 0 Å². The van der Waals surface area contributed by atoms with Gasteiger partial charge in [0.05, 0.1) is 17.7 Å². The number of nitrogens with zero attached hydrogens (tertiary/aromatic N) is 1. The number of rotatable bonds is 3. The highest BCUT2D eigenvalue weighted by Crippen LogP contribution is 2.37. The van der Waals surface area contributed by atoms with Crippen molar-refractivity contribution < 1.29 is 14.3 Å². The third-order valence-electron chi connectivity index (χ3n) is 3.79. The zero-order valence-electron chi connectivity index (χ0n) is 13.7. The van der Waals surface area contributed by atoms with Gasteiger partial charge in [-0.15, -0.1) is 0 Å². The van der Waals surface area contributed by atoms with E-state index in [1.165, 1.54) is 4.90 Å². The molecule has 0 radical (unpaired) electrons. The van der Waals surface area contributed by atoms with Gasteiger partial charge in [0.25, 0.3) is 11.1 Å². The Labute approximate surface area is 145 Å². The molecule has 1 fully saturated rings. The van der Waals surface area contributed by atoms with Gasteiger partial charge in [-0.25, -0.2) is 4.90 Å². The third-order valence-corrected chi connectivity index (χ3v) is 4.66. The Morgan fingerprint density at radius 2 is 1.88 bits per heavy atom. The molecule has 0 N–H and O–H groups in total. The minimum Gasteiger partial charge on any atom is -0.497 e. The smallest absolute Gasteiger partial charge is 0.298 e. The maximum absolute atomic E-state index is 12.7. The van der Waals surface area contributed by atoms with Crippen molar-refractivity contribution in [2.75, 3.05) is 12.0 Å². The van der Waals surface area contributed by atoms with E-state index in [0.29, 0.717) is 16.3 Å². The molecule has 0 atom stereocenters. The fourth-order valence-corrected chi connectivity index (χ4v) is 3.35. The summed E-state index contributed by atoms with van der Waals surface area (Å²) in [5.41, 5.74) is 3.37. The van der Waals surface area contributed by atoms with Gasteiger partial charge in [-0.05, 0) is 66.6 Å². The van der Waals surface area contributed by atoms with Crippen LogP contribution < -0.4 is 9.64 Å². The minimum absolute atomic E-state index is 0.275. The van der Waals surface area contributed by atoms with Crippen LogP contribution in [0.2, 0.25) is 0 Å². The number of methoxy groups -OCH3 is 1. The average Bonchev–Trinajstić information content (AvgIpc) is 2.84. The van der Waals surface area contributed by atoms with Crippen molar-refractivity contribution in [1.82, 2.24) is 0 Å². The molecule has 1 saturated heterocycles. The molecule has 122 valence electrons. The zero-order chi connectivity index (χ0) is 17.3. The second kappa shape index (κ2) is 6.53. The van der Waals surface area contributed by atoms with Crippen LogP contribution in [0.15, 0.2) is 47.4 Å². The minimum atomic E-state index is -0.290. The van der Waals surface area contributed by atoms with Crippen LogP contribution in [-0.2, 0) is 4.79 Å². The number of imide groups is 1. The Morgan fingerprint density at radius 1 is 1.08 bits per heavy atom. The topological polar surface area (TPSA) is 46.6 Å². The van der Waals surface area contributed by atoms with E-state index in [-0.39, 0.29) is 11.1 Å². The van der Waals surface area contributed by atoms with Gasteiger partial charge in [0.2, 0.25) is 0 Å². The molecule has 24 heavy (non-hydrogen) atoms. The molecule has 4 nitrogen and oxygen atoms in total. The molecule has 5 heteroatoms. The van der Waals surface area contributed by atoms with E-state index in [4.69, 9.17) is 4.74 Å². The highest BCUT2D eigenvalue weighted by Gasteiger charge is 2.37. The predicted octanol–water partition coefficient (Wildman–Crippen LogP) is 4.55. The SMILES string of the molecule is COc1cccc(/C=C2\SC(=O)N(c3cc(C)ccc3C)C2=O)c1. The zero-order valence-corrected chi connectivity index (χ0v) is 14.5. The molecule has 2 amide bonds. The Morgan fingerprint density at radius 3 is 2.62 bits per heavy atom. The van der Waals surface area contributed by atoms with Crippen molar-refractivity contribution in [3.05, 3.63) is 64.1 Å². The molecular formula is C19H17NO3S. The quantitative estimate of drug-likeness (QED) is 0.770. The lowest BCUT2D eigenvalue weighted by Gasteiger charge is -2.16. The molecule has 0 unspecified atom stereocenters. The van der Waals surface area contributed by atoms with Crippen LogP contribution in [0.1, 0.15) is 16.7 Å². The Kier molecular flexibility index (Phi) is 4.44. The summed E-state index contributed by atoms with van der Waals surface area (Å²) in [7, 11) is 1.59. The summed E-state index contributed by atoms with van der Waals surface area (Å²) in [4.78, 5) is 26.8. The largest absolute Gasteiger partial charge is 0.497 e. The number of carbonyl (C=O) groups is 2. The second-order valence-corrected chi connectivity index (χ2v) is 6.58. The van der Waals surface area contributed by atoms with Crippen molar-refractivity contribution in [3.63, 3.8) is 0 Å². The first-order valence-electron chi connectivity index (χ1n) is 7.49. The monoisotopic (exact) mass is 339 g/mol. The maximum atomic E-state index is 12.7. The lowest BCUT2D eigenvalue weighted by atomic mass is 10.1. The molecule has 0 spiro atoms. The number of aryl methyl sites for hydroxylation is 2. The van der Waals surface area contributed by atoms with Crippen LogP contribution in [0.4, 0.5) is 10.5 Å². The molecule has 1 aliphatic rings. The number of hydrogen-bond acceptors (Lipinski definition) is 4. The molecule has 0 aromatic heterocycles. The number of ether oxygens (including phenoxy) is 1. The van der Waals surface area contributed by atoms with Crippen molar-refractivity contribution in [2.24, 2.45) is 0 Å². The highest BCUT2D eigenvalue weighted by molar-refractivity contribution is 8.19. The Balaban J connectivity index is 1.97. The first-order chi connectivity index (χ1) is 11.5. The van der Waals surface area contributed by atoms with Crippen LogP contribution in [-0.4, -0.2) is 18.3 Å². The lowest BCUT2D eigenvalue weighted by Crippen LogP contribution is -2.28. The van der Waals surface area contributed by atoms with E-state index in [1.54, 1.807) is 13.2 Å². The van der Waals surface area contributed by atoms with Crippen molar-refractivity contribution in [2.45, 2.75) is 13.8 Å². The van der Waals surface area contributed by atoms with E-state index in [9.17, 15) is 9.59 Å². The summed E-state index contributed by atoms with van der Waals surface area (Å²) in [6.45, 7) is 3.83. The first kappa shape index (κ1) is 16.3.